The topological polar surface area (TPSA) is 35.5 Å². The summed E-state index contributed by atoms with van der Waals surface area (Å²) in [6.07, 6.45) is 0. The molecule has 0 fully saturated rings. The molecular weight excluding hydrogens is 252 g/mol. The molecule has 0 unspecified atom stereocenters. The average molecular weight is 266 g/mol. The summed E-state index contributed by atoms with van der Waals surface area (Å²) in [5.41, 5.74) is 1.93. The van der Waals surface area contributed by atoms with Crippen molar-refractivity contribution in [3.05, 3.63) is 59.7 Å². The fourth-order valence-electron chi connectivity index (χ4n) is 1.54. The van der Waals surface area contributed by atoms with E-state index in [1.807, 2.05) is 31.2 Å². The zero-order valence-corrected chi connectivity index (χ0v) is 11.3. The number of benzene rings is 2. The molecule has 20 heavy (non-hydrogen) atoms. The molecule has 2 rings (SSSR count). The summed E-state index contributed by atoms with van der Waals surface area (Å²) < 4.78 is 10.1. The lowest BCUT2D eigenvalue weighted by Crippen LogP contribution is -2.04. The van der Waals surface area contributed by atoms with Crippen LogP contribution in [0.2, 0.25) is 0 Å². The van der Waals surface area contributed by atoms with Gasteiger partial charge in [0.25, 0.3) is 0 Å². The molecule has 0 heterocycles. The van der Waals surface area contributed by atoms with Crippen LogP contribution in [0.4, 0.5) is 0 Å². The first-order chi connectivity index (χ1) is 9.67. The molecule has 2 aromatic carbocycles. The maximum Gasteiger partial charge on any atom is 0.390 e. The number of hydrogen-bond acceptors (Lipinski definition) is 3. The van der Waals surface area contributed by atoms with Gasteiger partial charge in [-0.3, -0.25) is 0 Å². The lowest BCUT2D eigenvalue weighted by atomic mass is 10.2. The van der Waals surface area contributed by atoms with Gasteiger partial charge in [0, 0.05) is 11.5 Å². The van der Waals surface area contributed by atoms with Crippen LogP contribution in [0, 0.1) is 18.8 Å². The van der Waals surface area contributed by atoms with E-state index in [1.165, 1.54) is 0 Å². The molecule has 0 spiro atoms. The molecule has 100 valence electrons. The third-order valence-corrected chi connectivity index (χ3v) is 2.63. The summed E-state index contributed by atoms with van der Waals surface area (Å²) in [6, 6.07) is 14.4. The van der Waals surface area contributed by atoms with Crippen molar-refractivity contribution in [3.63, 3.8) is 0 Å². The molecular formula is C17H14O3. The molecule has 0 aromatic heterocycles. The van der Waals surface area contributed by atoms with Crippen molar-refractivity contribution in [1.82, 2.24) is 0 Å². The number of esters is 1. The number of carbonyl (C=O) groups is 1. The van der Waals surface area contributed by atoms with Crippen molar-refractivity contribution < 1.29 is 14.3 Å². The van der Waals surface area contributed by atoms with Gasteiger partial charge in [-0.1, -0.05) is 23.6 Å². The molecule has 0 bridgehead atoms. The van der Waals surface area contributed by atoms with Crippen LogP contribution in [0.25, 0.3) is 0 Å². The molecule has 0 N–H and O–H groups in total. The fraction of sp³-hybridized carbons (Fsp3) is 0.118. The molecule has 0 atom stereocenters. The van der Waals surface area contributed by atoms with E-state index in [0.717, 1.165) is 11.1 Å². The SMILES string of the molecule is COc1ccc(OC(=O)C#Cc2ccc(C)cc2)cc1. The Morgan fingerprint density at radius 1 is 0.950 bits per heavy atom. The van der Waals surface area contributed by atoms with E-state index in [1.54, 1.807) is 31.4 Å². The summed E-state index contributed by atoms with van der Waals surface area (Å²) in [5.74, 6) is 5.77. The van der Waals surface area contributed by atoms with Crippen LogP contribution < -0.4 is 9.47 Å². The zero-order chi connectivity index (χ0) is 14.4. The molecule has 2 aromatic rings. The Hall–Kier alpha value is -2.73. The fourth-order valence-corrected chi connectivity index (χ4v) is 1.54. The minimum atomic E-state index is -0.587. The predicted octanol–water partition coefficient (Wildman–Crippen LogP) is 2.96. The van der Waals surface area contributed by atoms with Gasteiger partial charge in [0.15, 0.2) is 0 Å². The number of hydrogen-bond donors (Lipinski definition) is 0. The Labute approximate surface area is 118 Å². The van der Waals surface area contributed by atoms with E-state index in [9.17, 15) is 4.79 Å². The molecule has 3 heteroatoms. The van der Waals surface area contributed by atoms with Gasteiger partial charge in [0.1, 0.15) is 11.5 Å². The average Bonchev–Trinajstić information content (AvgIpc) is 2.47. The van der Waals surface area contributed by atoms with Crippen molar-refractivity contribution in [2.45, 2.75) is 6.92 Å². The molecule has 0 amide bonds. The van der Waals surface area contributed by atoms with Crippen molar-refractivity contribution in [2.24, 2.45) is 0 Å². The van der Waals surface area contributed by atoms with Crippen molar-refractivity contribution in [1.29, 1.82) is 0 Å². The second-order valence-corrected chi connectivity index (χ2v) is 4.18. The van der Waals surface area contributed by atoms with Crippen LogP contribution in [0.15, 0.2) is 48.5 Å². The maximum absolute atomic E-state index is 11.6. The minimum Gasteiger partial charge on any atom is -0.497 e. The zero-order valence-electron chi connectivity index (χ0n) is 11.3. The van der Waals surface area contributed by atoms with Gasteiger partial charge in [-0.25, -0.2) is 4.79 Å². The summed E-state index contributed by atoms with van der Waals surface area (Å²) in [4.78, 5) is 11.6. The second-order valence-electron chi connectivity index (χ2n) is 4.18. The van der Waals surface area contributed by atoms with E-state index in [4.69, 9.17) is 9.47 Å². The largest absolute Gasteiger partial charge is 0.497 e. The normalized spacial score (nSPS) is 9.30. The Bertz CT molecular complexity index is 643. The van der Waals surface area contributed by atoms with Gasteiger partial charge in [-0.05, 0) is 43.3 Å². The van der Waals surface area contributed by atoms with Crippen LogP contribution in [0.5, 0.6) is 11.5 Å². The monoisotopic (exact) mass is 266 g/mol. The van der Waals surface area contributed by atoms with Gasteiger partial charge >= 0.3 is 5.97 Å². The molecule has 0 aliphatic carbocycles. The number of carbonyl (C=O) groups excluding carboxylic acids is 1. The van der Waals surface area contributed by atoms with Gasteiger partial charge in [-0.2, -0.15) is 0 Å². The summed E-state index contributed by atoms with van der Waals surface area (Å²) in [7, 11) is 1.58. The first kappa shape index (κ1) is 13.7. The smallest absolute Gasteiger partial charge is 0.390 e. The molecule has 0 aliphatic heterocycles. The molecule has 3 nitrogen and oxygen atoms in total. The number of aryl methyl sites for hydroxylation is 1. The highest BCUT2D eigenvalue weighted by atomic mass is 16.5. The van der Waals surface area contributed by atoms with Crippen LogP contribution >= 0.6 is 0 Å². The van der Waals surface area contributed by atoms with Crippen molar-refractivity contribution >= 4 is 5.97 Å². The van der Waals surface area contributed by atoms with Gasteiger partial charge in [0.05, 0.1) is 7.11 Å². The predicted molar refractivity (Wildman–Crippen MR) is 76.7 cm³/mol. The number of methoxy groups -OCH3 is 1. The van der Waals surface area contributed by atoms with E-state index in [-0.39, 0.29) is 0 Å². The summed E-state index contributed by atoms with van der Waals surface area (Å²) in [6.45, 7) is 2.00. The third kappa shape index (κ3) is 3.89. The van der Waals surface area contributed by atoms with E-state index in [0.29, 0.717) is 11.5 Å². The third-order valence-electron chi connectivity index (χ3n) is 2.63. The van der Waals surface area contributed by atoms with Crippen molar-refractivity contribution in [2.75, 3.05) is 7.11 Å². The maximum atomic E-state index is 11.6. The Kier molecular flexibility index (Phi) is 4.41. The quantitative estimate of drug-likeness (QED) is 0.476. The van der Waals surface area contributed by atoms with Crippen LogP contribution in [-0.4, -0.2) is 13.1 Å². The van der Waals surface area contributed by atoms with Gasteiger partial charge in [-0.15, -0.1) is 0 Å². The van der Waals surface area contributed by atoms with Crippen LogP contribution in [0.3, 0.4) is 0 Å². The summed E-state index contributed by atoms with van der Waals surface area (Å²) >= 11 is 0. The van der Waals surface area contributed by atoms with Crippen molar-refractivity contribution in [3.8, 4) is 23.3 Å². The molecule has 0 saturated heterocycles. The first-order valence-electron chi connectivity index (χ1n) is 6.12. The Morgan fingerprint density at radius 2 is 1.55 bits per heavy atom. The highest BCUT2D eigenvalue weighted by Crippen LogP contribution is 2.16. The van der Waals surface area contributed by atoms with E-state index in [2.05, 4.69) is 11.8 Å². The van der Waals surface area contributed by atoms with E-state index < -0.39 is 5.97 Å². The lowest BCUT2D eigenvalue weighted by Gasteiger charge is -2.01. The van der Waals surface area contributed by atoms with Gasteiger partial charge in [0.2, 0.25) is 0 Å². The highest BCUT2D eigenvalue weighted by Gasteiger charge is 2.00. The molecule has 0 saturated carbocycles. The molecule has 0 aliphatic rings. The van der Waals surface area contributed by atoms with Gasteiger partial charge < -0.3 is 9.47 Å². The highest BCUT2D eigenvalue weighted by molar-refractivity contribution is 5.90. The standard InChI is InChI=1S/C17H14O3/c1-13-3-5-14(6-4-13)7-12-17(18)20-16-10-8-15(19-2)9-11-16/h3-6,8-11H,1-2H3. The molecule has 0 radical (unpaired) electrons. The van der Waals surface area contributed by atoms with Crippen LogP contribution in [-0.2, 0) is 4.79 Å². The first-order valence-corrected chi connectivity index (χ1v) is 6.12. The Balaban J connectivity index is 2.00. The van der Waals surface area contributed by atoms with Crippen LogP contribution in [0.1, 0.15) is 11.1 Å². The lowest BCUT2D eigenvalue weighted by molar-refractivity contribution is -0.128. The number of ether oxygens (including phenoxy) is 2. The summed E-state index contributed by atoms with van der Waals surface area (Å²) in [5, 5.41) is 0. The van der Waals surface area contributed by atoms with E-state index >= 15 is 0 Å². The number of rotatable bonds is 2. The minimum absolute atomic E-state index is 0.439. The second kappa shape index (κ2) is 6.44. The Morgan fingerprint density at radius 3 is 2.15 bits per heavy atom.